The van der Waals surface area contributed by atoms with Gasteiger partial charge in [-0.1, -0.05) is 11.6 Å². The van der Waals surface area contributed by atoms with Crippen molar-refractivity contribution in [1.82, 2.24) is 34.9 Å². The molecule has 1 aromatic carbocycles. The van der Waals surface area contributed by atoms with Gasteiger partial charge in [0.2, 0.25) is 5.91 Å². The van der Waals surface area contributed by atoms with Gasteiger partial charge in [-0.2, -0.15) is 10.4 Å². The lowest BCUT2D eigenvalue weighted by Gasteiger charge is -2.32. The summed E-state index contributed by atoms with van der Waals surface area (Å²) in [6.45, 7) is 1.09. The van der Waals surface area contributed by atoms with Crippen LogP contribution in [-0.4, -0.2) is 60.6 Å². The number of aromatic amines is 1. The number of piperidine rings is 1. The molecule has 188 valence electrons. The van der Waals surface area contributed by atoms with Crippen LogP contribution in [0.15, 0.2) is 30.6 Å². The fourth-order valence-electron chi connectivity index (χ4n) is 5.05. The number of fused-ring (bicyclic) bond motifs is 2. The number of likely N-dealkylation sites (tertiary alicyclic amines) is 1. The van der Waals surface area contributed by atoms with Gasteiger partial charge in [0, 0.05) is 42.7 Å². The Morgan fingerprint density at radius 2 is 2.03 bits per heavy atom. The Morgan fingerprint density at radius 3 is 2.76 bits per heavy atom. The number of benzene rings is 1. The van der Waals surface area contributed by atoms with Crippen LogP contribution in [0.5, 0.6) is 0 Å². The van der Waals surface area contributed by atoms with Crippen molar-refractivity contribution in [3.8, 4) is 17.5 Å². The van der Waals surface area contributed by atoms with Gasteiger partial charge in [0.1, 0.15) is 22.9 Å². The van der Waals surface area contributed by atoms with Gasteiger partial charge in [-0.05, 0) is 49.8 Å². The Bertz CT molecular complexity index is 1570. The van der Waals surface area contributed by atoms with Gasteiger partial charge in [0.15, 0.2) is 5.65 Å². The zero-order valence-electron chi connectivity index (χ0n) is 20.2. The largest absolute Gasteiger partial charge is 0.344 e. The third-order valence-electron chi connectivity index (χ3n) is 7.32. The molecule has 1 saturated heterocycles. The molecule has 1 aliphatic carbocycles. The van der Waals surface area contributed by atoms with Crippen molar-refractivity contribution < 1.29 is 9.59 Å². The van der Waals surface area contributed by atoms with Crippen molar-refractivity contribution in [2.75, 3.05) is 13.1 Å². The molecule has 2 fully saturated rings. The molecule has 1 saturated carbocycles. The highest BCUT2D eigenvalue weighted by Gasteiger charge is 2.40. The van der Waals surface area contributed by atoms with Crippen LogP contribution in [0.3, 0.4) is 0 Å². The minimum atomic E-state index is -0.586. The number of rotatable bonds is 5. The van der Waals surface area contributed by atoms with Crippen molar-refractivity contribution >= 4 is 45.5 Å². The number of amides is 2. The summed E-state index contributed by atoms with van der Waals surface area (Å²) in [5.41, 5.74) is 3.26. The average molecular weight is 517 g/mol. The van der Waals surface area contributed by atoms with E-state index in [9.17, 15) is 9.59 Å². The zero-order valence-corrected chi connectivity index (χ0v) is 21.0. The van der Waals surface area contributed by atoms with Crippen molar-refractivity contribution in [3.05, 3.63) is 41.2 Å². The van der Waals surface area contributed by atoms with E-state index in [0.29, 0.717) is 59.1 Å². The van der Waals surface area contributed by atoms with E-state index in [0.717, 1.165) is 23.7 Å². The topological polar surface area (TPSA) is 133 Å². The number of carbonyl (C=O) groups is 2. The maximum Gasteiger partial charge on any atom is 0.255 e. The fourth-order valence-corrected chi connectivity index (χ4v) is 5.22. The molecule has 37 heavy (non-hydrogen) atoms. The first-order valence-corrected chi connectivity index (χ1v) is 12.8. The molecule has 1 aliphatic heterocycles. The van der Waals surface area contributed by atoms with E-state index in [4.69, 9.17) is 21.8 Å². The molecule has 11 heteroatoms. The molecule has 0 bridgehead atoms. The molecule has 2 N–H and O–H groups in total. The second-order valence-corrected chi connectivity index (χ2v) is 10.2. The van der Waals surface area contributed by atoms with Gasteiger partial charge in [0.05, 0.1) is 23.3 Å². The van der Waals surface area contributed by atoms with Gasteiger partial charge >= 0.3 is 0 Å². The predicted molar refractivity (Wildman–Crippen MR) is 138 cm³/mol. The van der Waals surface area contributed by atoms with Gasteiger partial charge in [0.25, 0.3) is 5.91 Å². The van der Waals surface area contributed by atoms with Crippen LogP contribution in [0.4, 0.5) is 0 Å². The normalized spacial score (nSPS) is 17.2. The Kier molecular flexibility index (Phi) is 5.80. The second kappa shape index (κ2) is 9.16. The monoisotopic (exact) mass is 516 g/mol. The summed E-state index contributed by atoms with van der Waals surface area (Å²) in [7, 11) is 1.83. The molecule has 3 aromatic heterocycles. The van der Waals surface area contributed by atoms with Crippen molar-refractivity contribution in [3.63, 3.8) is 0 Å². The van der Waals surface area contributed by atoms with E-state index in [2.05, 4.69) is 26.5 Å². The number of aromatic nitrogens is 5. The highest BCUT2D eigenvalue weighted by molar-refractivity contribution is 6.31. The molecule has 4 aromatic rings. The van der Waals surface area contributed by atoms with Gasteiger partial charge in [-0.25, -0.2) is 9.97 Å². The lowest BCUT2D eigenvalue weighted by atomic mass is 9.97. The van der Waals surface area contributed by atoms with E-state index in [1.54, 1.807) is 28.0 Å². The summed E-state index contributed by atoms with van der Waals surface area (Å²) < 4.78 is 1.73. The number of H-pyrrole nitrogens is 1. The molecule has 0 unspecified atom stereocenters. The van der Waals surface area contributed by atoms with E-state index in [-0.39, 0.29) is 23.7 Å². The maximum absolute atomic E-state index is 13.4. The summed E-state index contributed by atoms with van der Waals surface area (Å²) in [6.07, 6.45) is 6.34. The van der Waals surface area contributed by atoms with Gasteiger partial charge in [-0.3, -0.25) is 14.3 Å². The summed E-state index contributed by atoms with van der Waals surface area (Å²) in [5.74, 6) is -0.320. The summed E-state index contributed by atoms with van der Waals surface area (Å²) in [5, 5.41) is 18.2. The number of halogens is 1. The smallest absolute Gasteiger partial charge is 0.255 e. The van der Waals surface area contributed by atoms with E-state index in [1.165, 1.54) is 0 Å². The van der Waals surface area contributed by atoms with Crippen LogP contribution >= 0.6 is 11.6 Å². The number of hydrogen-bond donors (Lipinski definition) is 2. The molecule has 6 rings (SSSR count). The molecular formula is C26H25ClN8O2. The van der Waals surface area contributed by atoms with Crippen molar-refractivity contribution in [1.29, 1.82) is 5.26 Å². The number of nitrogens with zero attached hydrogens (tertiary/aromatic N) is 6. The Hall–Kier alpha value is -3.97. The standard InChI is InChI=1S/C26H25ClN8O2/c1-34-20-10-16(27)4-5-17(20)22(33-34)19-13-30-24-23(31-19)18(12-29-24)25(36)32-21(15-2-3-15)26(37)35-8-6-14(11-28)7-9-35/h4-5,10,12-15,21H,2-3,6-9H2,1H3,(H,29,30)(H,32,36)/t21-/m1/s1. The molecule has 10 nitrogen and oxygen atoms in total. The Morgan fingerprint density at radius 1 is 1.24 bits per heavy atom. The summed E-state index contributed by atoms with van der Waals surface area (Å²) >= 11 is 6.16. The highest BCUT2D eigenvalue weighted by Crippen LogP contribution is 2.35. The molecule has 0 spiro atoms. The van der Waals surface area contributed by atoms with Crippen LogP contribution in [0.25, 0.3) is 33.5 Å². The van der Waals surface area contributed by atoms with Crippen LogP contribution in [0.1, 0.15) is 36.0 Å². The SMILES string of the molecule is Cn1nc(-c2cnc3[nH]cc(C(=O)N[C@@H](C(=O)N4CCC(C#N)CC4)C4CC4)c3n2)c2ccc(Cl)cc21. The first kappa shape index (κ1) is 23.4. The Labute approximate surface area is 217 Å². The third-order valence-corrected chi connectivity index (χ3v) is 7.55. The number of hydrogen-bond acceptors (Lipinski definition) is 6. The van der Waals surface area contributed by atoms with Crippen LogP contribution < -0.4 is 5.32 Å². The number of nitrogens with one attached hydrogen (secondary N) is 2. The molecule has 4 heterocycles. The number of carbonyl (C=O) groups excluding carboxylic acids is 2. The predicted octanol–water partition coefficient (Wildman–Crippen LogP) is 3.44. The van der Waals surface area contributed by atoms with Gasteiger partial charge in [-0.15, -0.1) is 0 Å². The fraction of sp³-hybridized carbons (Fsp3) is 0.385. The van der Waals surface area contributed by atoms with Gasteiger partial charge < -0.3 is 15.2 Å². The first-order chi connectivity index (χ1) is 17.9. The minimum Gasteiger partial charge on any atom is -0.344 e. The van der Waals surface area contributed by atoms with E-state index >= 15 is 0 Å². The summed E-state index contributed by atoms with van der Waals surface area (Å²) in [6, 6.07) is 7.23. The van der Waals surface area contributed by atoms with Crippen LogP contribution in [0, 0.1) is 23.2 Å². The molecule has 1 atom stereocenters. The average Bonchev–Trinajstić information content (AvgIpc) is 3.59. The van der Waals surface area contributed by atoms with Crippen LogP contribution in [-0.2, 0) is 11.8 Å². The number of aryl methyl sites for hydroxylation is 1. The lowest BCUT2D eigenvalue weighted by Crippen LogP contribution is -2.51. The molecule has 2 amide bonds. The molecular weight excluding hydrogens is 492 g/mol. The van der Waals surface area contributed by atoms with Crippen LogP contribution in [0.2, 0.25) is 5.02 Å². The van der Waals surface area contributed by atoms with Crippen molar-refractivity contribution in [2.45, 2.75) is 31.7 Å². The molecule has 2 aliphatic rings. The third kappa shape index (κ3) is 4.29. The zero-order chi connectivity index (χ0) is 25.7. The maximum atomic E-state index is 13.4. The minimum absolute atomic E-state index is 0.00906. The van der Waals surface area contributed by atoms with Crippen molar-refractivity contribution in [2.24, 2.45) is 18.9 Å². The van der Waals surface area contributed by atoms with E-state index < -0.39 is 6.04 Å². The Balaban J connectivity index is 1.28. The summed E-state index contributed by atoms with van der Waals surface area (Å²) in [4.78, 5) is 40.7. The second-order valence-electron chi connectivity index (χ2n) is 9.81. The lowest BCUT2D eigenvalue weighted by molar-refractivity contribution is -0.135. The van der Waals surface area contributed by atoms with E-state index in [1.807, 2.05) is 19.2 Å². The number of nitriles is 1. The quantitative estimate of drug-likeness (QED) is 0.417. The first-order valence-electron chi connectivity index (χ1n) is 12.4. The molecule has 0 radical (unpaired) electrons. The highest BCUT2D eigenvalue weighted by atomic mass is 35.5.